The Labute approximate surface area is 132 Å². The zero-order valence-electron chi connectivity index (χ0n) is 12.4. The second kappa shape index (κ2) is 4.00. The second-order valence-electron chi connectivity index (χ2n) is 6.86. The van der Waals surface area contributed by atoms with E-state index in [9.17, 15) is 14.4 Å². The van der Waals surface area contributed by atoms with Crippen LogP contribution in [-0.4, -0.2) is 35.1 Å². The molecule has 0 unspecified atom stereocenters. The second-order valence-corrected chi connectivity index (χ2v) is 6.86. The fraction of sp³-hybridized carbons (Fsp3) is 0.471. The summed E-state index contributed by atoms with van der Waals surface area (Å²) in [6.45, 7) is 0.567. The van der Waals surface area contributed by atoms with E-state index in [2.05, 4.69) is 0 Å². The highest BCUT2D eigenvalue weighted by Crippen LogP contribution is 2.71. The molecule has 3 fully saturated rings. The molecule has 0 aromatic heterocycles. The fourth-order valence-electron chi connectivity index (χ4n) is 4.42. The van der Waals surface area contributed by atoms with Crippen molar-refractivity contribution in [1.82, 2.24) is 5.06 Å². The molecule has 4 aliphatic rings. The van der Waals surface area contributed by atoms with E-state index >= 15 is 0 Å². The number of benzene rings is 1. The molecule has 2 heterocycles. The molecule has 2 aliphatic heterocycles. The highest BCUT2D eigenvalue weighted by molar-refractivity contribution is 6.21. The normalized spacial score (nSPS) is 32.5. The van der Waals surface area contributed by atoms with Gasteiger partial charge in [0.05, 0.1) is 23.3 Å². The lowest BCUT2D eigenvalue weighted by Crippen LogP contribution is -2.51. The van der Waals surface area contributed by atoms with Crippen LogP contribution >= 0.6 is 0 Å². The summed E-state index contributed by atoms with van der Waals surface area (Å²) in [4.78, 5) is 42.7. The highest BCUT2D eigenvalue weighted by Gasteiger charge is 2.79. The first-order valence-electron chi connectivity index (χ1n) is 7.93. The van der Waals surface area contributed by atoms with Crippen LogP contribution in [0.4, 0.5) is 0 Å². The summed E-state index contributed by atoms with van der Waals surface area (Å²) in [5.41, 5.74) is -0.527. The Balaban J connectivity index is 1.42. The van der Waals surface area contributed by atoms with E-state index < -0.39 is 28.8 Å². The smallest absolute Gasteiger partial charge is 0.342 e. The highest BCUT2D eigenvalue weighted by atomic mass is 16.7. The fourth-order valence-corrected chi connectivity index (χ4v) is 4.42. The molecule has 6 heteroatoms. The summed E-state index contributed by atoms with van der Waals surface area (Å²) >= 11 is 0. The van der Waals surface area contributed by atoms with Crippen LogP contribution in [0.3, 0.4) is 0 Å². The van der Waals surface area contributed by atoms with Gasteiger partial charge in [-0.2, -0.15) is 0 Å². The molecule has 6 nitrogen and oxygen atoms in total. The average molecular weight is 313 g/mol. The lowest BCUT2D eigenvalue weighted by molar-refractivity contribution is -0.192. The minimum absolute atomic E-state index is 0.158. The Bertz CT molecular complexity index is 733. The van der Waals surface area contributed by atoms with Crippen molar-refractivity contribution < 1.29 is 24.0 Å². The summed E-state index contributed by atoms with van der Waals surface area (Å²) in [5, 5.41) is 0.613. The van der Waals surface area contributed by atoms with E-state index in [-0.39, 0.29) is 17.0 Å². The van der Waals surface area contributed by atoms with Crippen molar-refractivity contribution in [3.05, 3.63) is 35.4 Å². The number of hydrogen-bond donors (Lipinski definition) is 0. The Kier molecular flexibility index (Phi) is 2.30. The SMILES string of the molecule is O=C1c2ccccc2C(=O)N1OC(=O)[C@]12C[C@H]1COC21CCC1. The molecule has 0 N–H and O–H groups in total. The van der Waals surface area contributed by atoms with Crippen molar-refractivity contribution in [2.24, 2.45) is 11.3 Å². The van der Waals surface area contributed by atoms with Gasteiger partial charge in [-0.15, -0.1) is 0 Å². The summed E-state index contributed by atoms with van der Waals surface area (Å²) in [5.74, 6) is -1.48. The monoisotopic (exact) mass is 313 g/mol. The van der Waals surface area contributed by atoms with Gasteiger partial charge in [0, 0.05) is 5.92 Å². The quantitative estimate of drug-likeness (QED) is 0.777. The van der Waals surface area contributed by atoms with Crippen LogP contribution in [0.25, 0.3) is 0 Å². The number of nitrogens with zero attached hydrogens (tertiary/aromatic N) is 1. The molecule has 1 aromatic rings. The first-order chi connectivity index (χ1) is 11.1. The molecular weight excluding hydrogens is 298 g/mol. The molecule has 0 bridgehead atoms. The van der Waals surface area contributed by atoms with Gasteiger partial charge in [0.2, 0.25) is 0 Å². The first-order valence-corrected chi connectivity index (χ1v) is 7.93. The Hall–Kier alpha value is -2.21. The molecule has 2 amide bonds. The average Bonchev–Trinajstić information content (AvgIpc) is 3.10. The van der Waals surface area contributed by atoms with Gasteiger partial charge in [-0.05, 0) is 37.8 Å². The minimum Gasteiger partial charge on any atom is -0.373 e. The molecule has 2 saturated carbocycles. The predicted octanol–water partition coefficient (Wildman–Crippen LogP) is 1.70. The molecule has 118 valence electrons. The Morgan fingerprint density at radius 3 is 2.35 bits per heavy atom. The molecule has 2 aliphatic carbocycles. The third-order valence-electron chi connectivity index (χ3n) is 5.94. The number of hydrogen-bond acceptors (Lipinski definition) is 5. The summed E-state index contributed by atoms with van der Waals surface area (Å²) < 4.78 is 5.85. The lowest BCUT2D eigenvalue weighted by Gasteiger charge is -2.43. The number of hydroxylamine groups is 2. The van der Waals surface area contributed by atoms with Crippen LogP contribution in [0, 0.1) is 11.3 Å². The molecule has 0 radical (unpaired) electrons. The van der Waals surface area contributed by atoms with E-state index in [1.165, 1.54) is 0 Å². The van der Waals surface area contributed by atoms with Crippen LogP contribution in [0.1, 0.15) is 46.4 Å². The topological polar surface area (TPSA) is 72.9 Å². The standard InChI is InChI=1S/C17H15NO5/c19-13-11-4-1-2-5-12(11)14(20)18(13)23-15(21)17-8-10(17)9-22-16(17)6-3-7-16/h1-2,4-5,10H,3,6-9H2/t10-,17-/m0/s1. The molecule has 1 aromatic carbocycles. The number of rotatable bonds is 2. The number of ether oxygens (including phenoxy) is 1. The van der Waals surface area contributed by atoms with Gasteiger partial charge in [-0.1, -0.05) is 17.2 Å². The van der Waals surface area contributed by atoms with E-state index in [4.69, 9.17) is 9.57 Å². The van der Waals surface area contributed by atoms with Crippen molar-refractivity contribution in [3.63, 3.8) is 0 Å². The zero-order valence-corrected chi connectivity index (χ0v) is 12.4. The van der Waals surface area contributed by atoms with Gasteiger partial charge < -0.3 is 9.57 Å². The third kappa shape index (κ3) is 1.40. The van der Waals surface area contributed by atoms with Gasteiger partial charge in [-0.25, -0.2) is 4.79 Å². The van der Waals surface area contributed by atoms with Crippen LogP contribution in [0.5, 0.6) is 0 Å². The minimum atomic E-state index is -0.652. The van der Waals surface area contributed by atoms with Crippen molar-refractivity contribution >= 4 is 17.8 Å². The molecule has 5 rings (SSSR count). The molecule has 1 saturated heterocycles. The summed E-state index contributed by atoms with van der Waals surface area (Å²) in [6.07, 6.45) is 3.46. The van der Waals surface area contributed by atoms with Gasteiger partial charge in [-0.3, -0.25) is 9.59 Å². The van der Waals surface area contributed by atoms with Gasteiger partial charge in [0.15, 0.2) is 0 Å². The van der Waals surface area contributed by atoms with Gasteiger partial charge >= 0.3 is 5.97 Å². The molecular formula is C17H15NO5. The van der Waals surface area contributed by atoms with E-state index in [1.54, 1.807) is 24.3 Å². The van der Waals surface area contributed by atoms with E-state index in [1.807, 2.05) is 0 Å². The number of fused-ring (bicyclic) bond motifs is 3. The maximum absolute atomic E-state index is 12.8. The largest absolute Gasteiger partial charge is 0.373 e. The van der Waals surface area contributed by atoms with Crippen molar-refractivity contribution in [2.45, 2.75) is 31.3 Å². The number of amides is 2. The predicted molar refractivity (Wildman–Crippen MR) is 76.1 cm³/mol. The maximum atomic E-state index is 12.8. The Morgan fingerprint density at radius 2 is 1.83 bits per heavy atom. The summed E-state index contributed by atoms with van der Waals surface area (Å²) in [7, 11) is 0. The summed E-state index contributed by atoms with van der Waals surface area (Å²) in [6, 6.07) is 6.49. The van der Waals surface area contributed by atoms with Gasteiger partial charge in [0.25, 0.3) is 11.8 Å². The van der Waals surface area contributed by atoms with Gasteiger partial charge in [0.1, 0.15) is 5.41 Å². The van der Waals surface area contributed by atoms with Crippen LogP contribution in [0.15, 0.2) is 24.3 Å². The zero-order chi connectivity index (χ0) is 15.8. The van der Waals surface area contributed by atoms with Crippen molar-refractivity contribution in [2.75, 3.05) is 6.61 Å². The number of imide groups is 1. The van der Waals surface area contributed by atoms with E-state index in [0.717, 1.165) is 25.7 Å². The maximum Gasteiger partial charge on any atom is 0.342 e. The lowest BCUT2D eigenvalue weighted by atomic mass is 9.68. The van der Waals surface area contributed by atoms with Crippen molar-refractivity contribution in [1.29, 1.82) is 0 Å². The van der Waals surface area contributed by atoms with E-state index in [0.29, 0.717) is 11.7 Å². The third-order valence-corrected chi connectivity index (χ3v) is 5.94. The first kappa shape index (κ1) is 13.2. The van der Waals surface area contributed by atoms with Crippen LogP contribution < -0.4 is 0 Å². The van der Waals surface area contributed by atoms with Crippen LogP contribution in [-0.2, 0) is 14.4 Å². The van der Waals surface area contributed by atoms with Crippen LogP contribution in [0.2, 0.25) is 0 Å². The number of carbonyl (C=O) groups excluding carboxylic acids is 3. The number of carbonyl (C=O) groups is 3. The molecule has 2 atom stereocenters. The Morgan fingerprint density at radius 1 is 1.17 bits per heavy atom. The van der Waals surface area contributed by atoms with Crippen molar-refractivity contribution in [3.8, 4) is 0 Å². The molecule has 23 heavy (non-hydrogen) atoms. The molecule has 1 spiro atoms.